The van der Waals surface area contributed by atoms with E-state index < -0.39 is 0 Å². The van der Waals surface area contributed by atoms with Gasteiger partial charge in [0.05, 0.1) is 14.2 Å². The quantitative estimate of drug-likeness (QED) is 0.855. The number of hydrogen-bond donors (Lipinski definition) is 0. The van der Waals surface area contributed by atoms with Crippen molar-refractivity contribution in [1.29, 1.82) is 0 Å². The highest BCUT2D eigenvalue weighted by Crippen LogP contribution is 2.26. The van der Waals surface area contributed by atoms with Gasteiger partial charge in [0.25, 0.3) is 5.91 Å². The van der Waals surface area contributed by atoms with E-state index in [2.05, 4.69) is 4.90 Å². The summed E-state index contributed by atoms with van der Waals surface area (Å²) in [6.45, 7) is 3.57. The number of methoxy groups -OCH3 is 2. The third-order valence-electron chi connectivity index (χ3n) is 5.04. The summed E-state index contributed by atoms with van der Waals surface area (Å²) in [6.07, 6.45) is 5.35. The molecule has 1 heterocycles. The van der Waals surface area contributed by atoms with Gasteiger partial charge < -0.3 is 14.4 Å². The van der Waals surface area contributed by atoms with Crippen molar-refractivity contribution in [1.82, 2.24) is 9.80 Å². The van der Waals surface area contributed by atoms with Gasteiger partial charge in [0, 0.05) is 43.9 Å². The Morgan fingerprint density at radius 3 is 2.04 bits per heavy atom. The molecule has 3 rings (SSSR count). The summed E-state index contributed by atoms with van der Waals surface area (Å²) in [5.74, 6) is 1.36. The topological polar surface area (TPSA) is 42.0 Å². The number of piperazine rings is 1. The van der Waals surface area contributed by atoms with Gasteiger partial charge in [-0.25, -0.2) is 0 Å². The molecule has 0 aromatic heterocycles. The van der Waals surface area contributed by atoms with E-state index in [1.807, 2.05) is 4.90 Å². The van der Waals surface area contributed by atoms with Gasteiger partial charge >= 0.3 is 0 Å². The standard InChI is InChI=1S/C18H26N2O3/c1-22-16-11-14(12-17(13-16)23-2)18(21)20-9-7-19(8-10-20)15-5-3-4-6-15/h11-13,15H,3-10H2,1-2H3. The Bertz CT molecular complexity index is 525. The lowest BCUT2D eigenvalue weighted by Crippen LogP contribution is -2.51. The van der Waals surface area contributed by atoms with E-state index >= 15 is 0 Å². The van der Waals surface area contributed by atoms with E-state index in [4.69, 9.17) is 9.47 Å². The first-order valence-corrected chi connectivity index (χ1v) is 8.47. The molecule has 23 heavy (non-hydrogen) atoms. The lowest BCUT2D eigenvalue weighted by Gasteiger charge is -2.38. The third-order valence-corrected chi connectivity index (χ3v) is 5.04. The highest BCUT2D eigenvalue weighted by Gasteiger charge is 2.28. The van der Waals surface area contributed by atoms with Gasteiger partial charge in [-0.15, -0.1) is 0 Å². The number of carbonyl (C=O) groups is 1. The van der Waals surface area contributed by atoms with Crippen molar-refractivity contribution >= 4 is 5.91 Å². The first kappa shape index (κ1) is 16.1. The molecule has 0 unspecified atom stereocenters. The maximum absolute atomic E-state index is 12.8. The first-order valence-electron chi connectivity index (χ1n) is 8.47. The van der Waals surface area contributed by atoms with Crippen molar-refractivity contribution in [2.24, 2.45) is 0 Å². The van der Waals surface area contributed by atoms with Gasteiger partial charge in [-0.2, -0.15) is 0 Å². The summed E-state index contributed by atoms with van der Waals surface area (Å²) >= 11 is 0. The summed E-state index contributed by atoms with van der Waals surface area (Å²) in [5, 5.41) is 0. The van der Waals surface area contributed by atoms with Crippen LogP contribution in [-0.4, -0.2) is 62.1 Å². The zero-order valence-corrected chi connectivity index (χ0v) is 14.1. The molecular weight excluding hydrogens is 292 g/mol. The maximum atomic E-state index is 12.8. The normalized spacial score (nSPS) is 19.8. The van der Waals surface area contributed by atoms with Crippen LogP contribution in [0.5, 0.6) is 11.5 Å². The second kappa shape index (κ2) is 7.21. The van der Waals surface area contributed by atoms with Gasteiger partial charge in [0.1, 0.15) is 11.5 Å². The Balaban J connectivity index is 1.65. The molecule has 0 atom stereocenters. The van der Waals surface area contributed by atoms with Crippen LogP contribution in [0.1, 0.15) is 36.0 Å². The van der Waals surface area contributed by atoms with E-state index in [-0.39, 0.29) is 5.91 Å². The van der Waals surface area contributed by atoms with Crippen molar-refractivity contribution in [3.05, 3.63) is 23.8 Å². The smallest absolute Gasteiger partial charge is 0.254 e. The lowest BCUT2D eigenvalue weighted by atomic mass is 10.1. The number of amides is 1. The molecule has 5 nitrogen and oxygen atoms in total. The van der Waals surface area contributed by atoms with E-state index in [9.17, 15) is 4.79 Å². The molecule has 1 saturated heterocycles. The van der Waals surface area contributed by atoms with Crippen LogP contribution in [0.4, 0.5) is 0 Å². The first-order chi connectivity index (χ1) is 11.2. The van der Waals surface area contributed by atoms with Crippen LogP contribution in [0.25, 0.3) is 0 Å². The Morgan fingerprint density at radius 2 is 1.52 bits per heavy atom. The van der Waals surface area contributed by atoms with Gasteiger partial charge in [-0.3, -0.25) is 9.69 Å². The number of rotatable bonds is 4. The SMILES string of the molecule is COc1cc(OC)cc(C(=O)N2CCN(C3CCCC3)CC2)c1. The number of carbonyl (C=O) groups excluding carboxylic acids is 1. The summed E-state index contributed by atoms with van der Waals surface area (Å²) in [5.41, 5.74) is 0.635. The zero-order valence-electron chi connectivity index (χ0n) is 14.1. The predicted octanol–water partition coefficient (Wildman–Crippen LogP) is 2.40. The minimum absolute atomic E-state index is 0.0632. The fourth-order valence-electron chi connectivity index (χ4n) is 3.67. The zero-order chi connectivity index (χ0) is 16.2. The second-order valence-corrected chi connectivity index (χ2v) is 6.37. The van der Waals surface area contributed by atoms with E-state index in [1.54, 1.807) is 32.4 Å². The molecule has 1 saturated carbocycles. The molecule has 1 aliphatic carbocycles. The van der Waals surface area contributed by atoms with Crippen molar-refractivity contribution in [3.63, 3.8) is 0 Å². The largest absolute Gasteiger partial charge is 0.497 e. The van der Waals surface area contributed by atoms with Crippen LogP contribution < -0.4 is 9.47 Å². The van der Waals surface area contributed by atoms with Gasteiger partial charge in [-0.05, 0) is 25.0 Å². The third kappa shape index (κ3) is 3.61. The summed E-state index contributed by atoms with van der Waals surface area (Å²) < 4.78 is 10.5. The molecule has 0 radical (unpaired) electrons. The van der Waals surface area contributed by atoms with Crippen molar-refractivity contribution in [2.75, 3.05) is 40.4 Å². The van der Waals surface area contributed by atoms with Gasteiger partial charge in [0.15, 0.2) is 0 Å². The fourth-order valence-corrected chi connectivity index (χ4v) is 3.67. The Kier molecular flexibility index (Phi) is 5.06. The van der Waals surface area contributed by atoms with Crippen LogP contribution in [0.15, 0.2) is 18.2 Å². The Labute approximate surface area is 138 Å². The maximum Gasteiger partial charge on any atom is 0.254 e. The second-order valence-electron chi connectivity index (χ2n) is 6.37. The van der Waals surface area contributed by atoms with E-state index in [0.717, 1.165) is 32.2 Å². The van der Waals surface area contributed by atoms with Gasteiger partial charge in [-0.1, -0.05) is 12.8 Å². The van der Waals surface area contributed by atoms with Crippen LogP contribution in [0.3, 0.4) is 0 Å². The Hall–Kier alpha value is -1.75. The minimum Gasteiger partial charge on any atom is -0.497 e. The number of hydrogen-bond acceptors (Lipinski definition) is 4. The van der Waals surface area contributed by atoms with Crippen LogP contribution in [0, 0.1) is 0 Å². The van der Waals surface area contributed by atoms with E-state index in [1.165, 1.54) is 25.7 Å². The summed E-state index contributed by atoms with van der Waals surface area (Å²) in [4.78, 5) is 17.3. The Morgan fingerprint density at radius 1 is 0.957 bits per heavy atom. The molecule has 126 valence electrons. The summed E-state index contributed by atoms with van der Waals surface area (Å²) in [7, 11) is 3.20. The molecule has 0 N–H and O–H groups in total. The van der Waals surface area contributed by atoms with Crippen molar-refractivity contribution in [2.45, 2.75) is 31.7 Å². The molecule has 1 amide bonds. The van der Waals surface area contributed by atoms with E-state index in [0.29, 0.717) is 17.1 Å². The molecular formula is C18H26N2O3. The molecule has 1 aliphatic heterocycles. The molecule has 5 heteroatoms. The van der Waals surface area contributed by atoms with Crippen molar-refractivity contribution in [3.8, 4) is 11.5 Å². The molecule has 2 fully saturated rings. The van der Waals surface area contributed by atoms with Crippen LogP contribution >= 0.6 is 0 Å². The summed E-state index contributed by atoms with van der Waals surface area (Å²) in [6, 6.07) is 6.10. The van der Waals surface area contributed by atoms with Crippen LogP contribution in [-0.2, 0) is 0 Å². The molecule has 1 aromatic rings. The minimum atomic E-state index is 0.0632. The van der Waals surface area contributed by atoms with Gasteiger partial charge in [0.2, 0.25) is 0 Å². The average molecular weight is 318 g/mol. The fraction of sp³-hybridized carbons (Fsp3) is 0.611. The highest BCUT2D eigenvalue weighted by atomic mass is 16.5. The van der Waals surface area contributed by atoms with Crippen LogP contribution in [0.2, 0.25) is 0 Å². The molecule has 2 aliphatic rings. The number of nitrogens with zero attached hydrogens (tertiary/aromatic N) is 2. The molecule has 1 aromatic carbocycles. The molecule has 0 spiro atoms. The number of ether oxygens (including phenoxy) is 2. The van der Waals surface area contributed by atoms with Crippen molar-refractivity contribution < 1.29 is 14.3 Å². The highest BCUT2D eigenvalue weighted by molar-refractivity contribution is 5.95. The number of benzene rings is 1. The lowest BCUT2D eigenvalue weighted by molar-refractivity contribution is 0.0573. The monoisotopic (exact) mass is 318 g/mol. The molecule has 0 bridgehead atoms. The average Bonchev–Trinajstić information content (AvgIpc) is 3.15. The predicted molar refractivity (Wildman–Crippen MR) is 89.3 cm³/mol.